The van der Waals surface area contributed by atoms with Crippen LogP contribution in [0.25, 0.3) is 0 Å². The molecule has 1 aromatic carbocycles. The molecule has 0 saturated carbocycles. The molecule has 2 rings (SSSR count). The van der Waals surface area contributed by atoms with Crippen molar-refractivity contribution in [2.75, 3.05) is 5.32 Å². The summed E-state index contributed by atoms with van der Waals surface area (Å²) in [6, 6.07) is 6.28. The summed E-state index contributed by atoms with van der Waals surface area (Å²) in [4.78, 5) is 11.8. The molecule has 1 heterocycles. The molecule has 8 heteroatoms. The summed E-state index contributed by atoms with van der Waals surface area (Å²) < 4.78 is 44.6. The maximum absolute atomic E-state index is 12.0. The van der Waals surface area contributed by atoms with E-state index in [0.717, 1.165) is 12.1 Å². The second-order valence-electron chi connectivity index (χ2n) is 4.06. The zero-order chi connectivity index (χ0) is 15.5. The highest BCUT2D eigenvalue weighted by Gasteiger charge is 2.30. The molecule has 0 radical (unpaired) electrons. The van der Waals surface area contributed by atoms with Gasteiger partial charge >= 0.3 is 6.36 Å². The Morgan fingerprint density at radius 2 is 2.00 bits per heavy atom. The molecule has 0 atom stereocenters. The molecule has 0 aliphatic carbocycles. The van der Waals surface area contributed by atoms with Crippen LogP contribution < -0.4 is 10.1 Å². The molecule has 0 bridgehead atoms. The lowest BCUT2D eigenvalue weighted by atomic mass is 10.2. The van der Waals surface area contributed by atoms with E-state index in [9.17, 15) is 18.0 Å². The van der Waals surface area contributed by atoms with Gasteiger partial charge in [0, 0.05) is 18.2 Å². The van der Waals surface area contributed by atoms with Gasteiger partial charge in [-0.25, -0.2) is 0 Å². The van der Waals surface area contributed by atoms with Crippen molar-refractivity contribution in [2.45, 2.75) is 19.7 Å². The molecule has 5 nitrogen and oxygen atoms in total. The number of rotatable bonds is 4. The Morgan fingerprint density at radius 3 is 2.52 bits per heavy atom. The van der Waals surface area contributed by atoms with Crippen LogP contribution in [0.5, 0.6) is 5.75 Å². The van der Waals surface area contributed by atoms with Crippen LogP contribution >= 0.6 is 0 Å². The molecule has 0 aliphatic rings. The predicted octanol–water partition coefficient (Wildman–Crippen LogP) is 3.39. The van der Waals surface area contributed by atoms with Gasteiger partial charge in [0.15, 0.2) is 5.69 Å². The van der Waals surface area contributed by atoms with Crippen LogP contribution in [-0.4, -0.2) is 17.4 Å². The van der Waals surface area contributed by atoms with E-state index in [1.807, 2.05) is 6.92 Å². The molecule has 0 unspecified atom stereocenters. The number of carbonyl (C=O) groups is 1. The topological polar surface area (TPSA) is 64.4 Å². The number of hydrogen-bond donors (Lipinski definition) is 1. The van der Waals surface area contributed by atoms with Crippen molar-refractivity contribution in [2.24, 2.45) is 0 Å². The standard InChI is InChI=1S/C13H11F3N2O3/c1-2-9-7-11(18-21-9)12(19)17-8-3-5-10(6-4-8)20-13(14,15)16/h3-7H,2H2,1H3,(H,17,19). The Balaban J connectivity index is 2.01. The van der Waals surface area contributed by atoms with Crippen molar-refractivity contribution in [3.8, 4) is 5.75 Å². The van der Waals surface area contributed by atoms with Crippen LogP contribution in [0.15, 0.2) is 34.9 Å². The van der Waals surface area contributed by atoms with Crippen molar-refractivity contribution < 1.29 is 27.2 Å². The molecule has 112 valence electrons. The average molecular weight is 300 g/mol. The first-order valence-corrected chi connectivity index (χ1v) is 6.00. The second-order valence-corrected chi connectivity index (χ2v) is 4.06. The van der Waals surface area contributed by atoms with Crippen LogP contribution in [0.3, 0.4) is 0 Å². The molecule has 2 aromatic rings. The number of ether oxygens (including phenoxy) is 1. The molecular formula is C13H11F3N2O3. The van der Waals surface area contributed by atoms with Gasteiger partial charge < -0.3 is 14.6 Å². The van der Waals surface area contributed by atoms with Crippen LogP contribution in [0, 0.1) is 0 Å². The Bertz CT molecular complexity index is 620. The van der Waals surface area contributed by atoms with Gasteiger partial charge in [0.2, 0.25) is 0 Å². The van der Waals surface area contributed by atoms with E-state index in [4.69, 9.17) is 4.52 Å². The number of nitrogens with zero attached hydrogens (tertiary/aromatic N) is 1. The number of nitrogens with one attached hydrogen (secondary N) is 1. The zero-order valence-electron chi connectivity index (χ0n) is 10.9. The molecule has 0 saturated heterocycles. The molecular weight excluding hydrogens is 289 g/mol. The third-order valence-electron chi connectivity index (χ3n) is 2.49. The Labute approximate surface area is 117 Å². The molecule has 0 aliphatic heterocycles. The minimum Gasteiger partial charge on any atom is -0.406 e. The lowest BCUT2D eigenvalue weighted by molar-refractivity contribution is -0.274. The number of anilines is 1. The van der Waals surface area contributed by atoms with Gasteiger partial charge in [-0.1, -0.05) is 12.1 Å². The van der Waals surface area contributed by atoms with E-state index in [1.165, 1.54) is 18.2 Å². The number of aromatic nitrogens is 1. The Hall–Kier alpha value is -2.51. The minimum absolute atomic E-state index is 0.0995. The average Bonchev–Trinajstić information content (AvgIpc) is 2.88. The Kier molecular flexibility index (Phi) is 4.15. The number of carbonyl (C=O) groups excluding carboxylic acids is 1. The monoisotopic (exact) mass is 300 g/mol. The summed E-state index contributed by atoms with van der Waals surface area (Å²) in [5, 5.41) is 6.08. The van der Waals surface area contributed by atoms with E-state index in [0.29, 0.717) is 17.9 Å². The highest BCUT2D eigenvalue weighted by atomic mass is 19.4. The summed E-state index contributed by atoms with van der Waals surface area (Å²) in [5.74, 6) is -0.313. The largest absolute Gasteiger partial charge is 0.573 e. The molecule has 1 N–H and O–H groups in total. The number of benzene rings is 1. The van der Waals surface area contributed by atoms with Gasteiger partial charge in [-0.3, -0.25) is 4.79 Å². The van der Waals surface area contributed by atoms with Crippen molar-refractivity contribution in [1.82, 2.24) is 5.16 Å². The molecule has 1 aromatic heterocycles. The lowest BCUT2D eigenvalue weighted by Gasteiger charge is -2.09. The van der Waals surface area contributed by atoms with Crippen LogP contribution in [-0.2, 0) is 6.42 Å². The smallest absolute Gasteiger partial charge is 0.406 e. The highest BCUT2D eigenvalue weighted by Crippen LogP contribution is 2.24. The van der Waals surface area contributed by atoms with E-state index in [2.05, 4.69) is 15.2 Å². The molecule has 21 heavy (non-hydrogen) atoms. The fourth-order valence-electron chi connectivity index (χ4n) is 1.52. The first-order valence-electron chi connectivity index (χ1n) is 6.00. The minimum atomic E-state index is -4.75. The molecule has 0 fully saturated rings. The lowest BCUT2D eigenvalue weighted by Crippen LogP contribution is -2.17. The number of aryl methyl sites for hydroxylation is 1. The quantitative estimate of drug-likeness (QED) is 0.940. The maximum Gasteiger partial charge on any atom is 0.573 e. The summed E-state index contributed by atoms with van der Waals surface area (Å²) >= 11 is 0. The van der Waals surface area contributed by atoms with Gasteiger partial charge in [0.25, 0.3) is 5.91 Å². The summed E-state index contributed by atoms with van der Waals surface area (Å²) in [7, 11) is 0. The normalized spacial score (nSPS) is 11.2. The van der Waals surface area contributed by atoms with Crippen LogP contribution in [0.4, 0.5) is 18.9 Å². The van der Waals surface area contributed by atoms with Crippen molar-refractivity contribution in [3.63, 3.8) is 0 Å². The molecule has 0 spiro atoms. The van der Waals surface area contributed by atoms with Crippen LogP contribution in [0.1, 0.15) is 23.2 Å². The van der Waals surface area contributed by atoms with E-state index < -0.39 is 12.3 Å². The Morgan fingerprint density at radius 1 is 1.33 bits per heavy atom. The SMILES string of the molecule is CCc1cc(C(=O)Nc2ccc(OC(F)(F)F)cc2)no1. The van der Waals surface area contributed by atoms with Gasteiger partial charge in [0.05, 0.1) is 0 Å². The highest BCUT2D eigenvalue weighted by molar-refractivity contribution is 6.02. The number of amides is 1. The zero-order valence-corrected chi connectivity index (χ0v) is 10.9. The van der Waals surface area contributed by atoms with Gasteiger partial charge in [-0.2, -0.15) is 0 Å². The van der Waals surface area contributed by atoms with Crippen molar-refractivity contribution in [3.05, 3.63) is 41.8 Å². The predicted molar refractivity (Wildman–Crippen MR) is 67.0 cm³/mol. The first-order chi connectivity index (χ1) is 9.87. The third kappa shape index (κ3) is 4.23. The number of halogens is 3. The number of hydrogen-bond acceptors (Lipinski definition) is 4. The van der Waals surface area contributed by atoms with Crippen LogP contribution in [0.2, 0.25) is 0 Å². The van der Waals surface area contributed by atoms with E-state index >= 15 is 0 Å². The van der Waals surface area contributed by atoms with Gasteiger partial charge in [-0.05, 0) is 24.3 Å². The van der Waals surface area contributed by atoms with E-state index in [1.54, 1.807) is 0 Å². The third-order valence-corrected chi connectivity index (χ3v) is 2.49. The van der Waals surface area contributed by atoms with Crippen molar-refractivity contribution in [1.29, 1.82) is 0 Å². The van der Waals surface area contributed by atoms with E-state index in [-0.39, 0.29) is 11.4 Å². The summed E-state index contributed by atoms with van der Waals surface area (Å²) in [6.45, 7) is 1.85. The summed E-state index contributed by atoms with van der Waals surface area (Å²) in [6.07, 6.45) is -4.15. The van der Waals surface area contributed by atoms with Crippen molar-refractivity contribution >= 4 is 11.6 Å². The molecule has 1 amide bonds. The maximum atomic E-state index is 12.0. The number of alkyl halides is 3. The van der Waals surface area contributed by atoms with Gasteiger partial charge in [-0.15, -0.1) is 13.2 Å². The van der Waals surface area contributed by atoms with Gasteiger partial charge in [0.1, 0.15) is 11.5 Å². The fourth-order valence-corrected chi connectivity index (χ4v) is 1.52. The summed E-state index contributed by atoms with van der Waals surface area (Å²) in [5.41, 5.74) is 0.415. The first kappa shape index (κ1) is 14.9. The second kappa shape index (κ2) is 5.86. The fraction of sp³-hybridized carbons (Fsp3) is 0.231.